The topological polar surface area (TPSA) is 72.5 Å². The smallest absolute Gasteiger partial charge is 0.189 e. The van der Waals surface area contributed by atoms with Gasteiger partial charge in [-0.05, 0) is 6.42 Å². The van der Waals surface area contributed by atoms with Crippen LogP contribution >= 0.6 is 11.3 Å². The normalized spacial score (nSPS) is 10.9. The summed E-state index contributed by atoms with van der Waals surface area (Å²) in [6.07, 6.45) is 2.56. The fourth-order valence-electron chi connectivity index (χ4n) is 0.818. The second-order valence-corrected chi connectivity index (χ2v) is 3.46. The maximum Gasteiger partial charge on any atom is 0.189 e. The standard InChI is InChI=1S/C8H14N4OS/c1-13-4-2-3-10-6-11-8-12-7(9)5-14-8/h5-6H,2-4,9H2,1H3,(H,10,11,12). The zero-order valence-electron chi connectivity index (χ0n) is 8.06. The molecular weight excluding hydrogens is 200 g/mol. The lowest BCUT2D eigenvalue weighted by atomic mass is 10.5. The Morgan fingerprint density at radius 1 is 1.79 bits per heavy atom. The number of anilines is 2. The molecule has 0 spiro atoms. The highest BCUT2D eigenvalue weighted by molar-refractivity contribution is 7.14. The van der Waals surface area contributed by atoms with Crippen LogP contribution in [-0.2, 0) is 4.74 Å². The SMILES string of the molecule is COCCCN=CNc1nc(N)cs1. The Labute approximate surface area is 87.0 Å². The Balaban J connectivity index is 2.14. The molecule has 1 rings (SSSR count). The van der Waals surface area contributed by atoms with Crippen LogP contribution in [-0.4, -0.2) is 31.6 Å². The summed E-state index contributed by atoms with van der Waals surface area (Å²) in [6.45, 7) is 1.49. The highest BCUT2D eigenvalue weighted by Crippen LogP contribution is 2.15. The number of nitrogens with zero attached hydrogens (tertiary/aromatic N) is 2. The van der Waals surface area contributed by atoms with Crippen LogP contribution < -0.4 is 11.1 Å². The number of hydrogen-bond acceptors (Lipinski definition) is 5. The van der Waals surface area contributed by atoms with Crippen molar-refractivity contribution in [3.8, 4) is 0 Å². The van der Waals surface area contributed by atoms with Crippen molar-refractivity contribution in [2.24, 2.45) is 4.99 Å². The number of rotatable bonds is 6. The Hall–Kier alpha value is -1.14. The molecule has 0 atom stereocenters. The van der Waals surface area contributed by atoms with E-state index in [9.17, 15) is 0 Å². The third-order valence-electron chi connectivity index (χ3n) is 1.44. The highest BCUT2D eigenvalue weighted by Gasteiger charge is 1.93. The number of thiazole rings is 1. The Bertz CT molecular complexity index is 287. The summed E-state index contributed by atoms with van der Waals surface area (Å²) in [6, 6.07) is 0. The Morgan fingerprint density at radius 3 is 3.29 bits per heavy atom. The van der Waals surface area contributed by atoms with Gasteiger partial charge < -0.3 is 15.8 Å². The molecule has 0 saturated heterocycles. The summed E-state index contributed by atoms with van der Waals surface area (Å²) < 4.78 is 4.89. The highest BCUT2D eigenvalue weighted by atomic mass is 32.1. The summed E-state index contributed by atoms with van der Waals surface area (Å²) in [5, 5.41) is 5.48. The molecule has 1 heterocycles. The van der Waals surface area contributed by atoms with E-state index in [4.69, 9.17) is 10.5 Å². The predicted molar refractivity (Wildman–Crippen MR) is 60.0 cm³/mol. The zero-order chi connectivity index (χ0) is 10.2. The zero-order valence-corrected chi connectivity index (χ0v) is 8.88. The molecule has 14 heavy (non-hydrogen) atoms. The van der Waals surface area contributed by atoms with Crippen LogP contribution in [0.15, 0.2) is 10.4 Å². The van der Waals surface area contributed by atoms with E-state index in [-0.39, 0.29) is 0 Å². The molecule has 0 aliphatic carbocycles. The molecule has 0 amide bonds. The van der Waals surface area contributed by atoms with E-state index in [1.807, 2.05) is 0 Å². The quantitative estimate of drug-likeness (QED) is 0.424. The summed E-state index contributed by atoms with van der Waals surface area (Å²) in [5.74, 6) is 0.533. The van der Waals surface area contributed by atoms with E-state index < -0.39 is 0 Å². The van der Waals surface area contributed by atoms with Gasteiger partial charge in [0.15, 0.2) is 5.13 Å². The Kier molecular flexibility index (Phi) is 4.95. The fourth-order valence-corrected chi connectivity index (χ4v) is 1.38. The summed E-state index contributed by atoms with van der Waals surface area (Å²) in [4.78, 5) is 8.14. The first kappa shape index (κ1) is 10.9. The van der Waals surface area contributed by atoms with Crippen molar-refractivity contribution in [2.75, 3.05) is 31.3 Å². The minimum Gasteiger partial charge on any atom is -0.385 e. The molecule has 78 valence electrons. The minimum absolute atomic E-state index is 0.533. The van der Waals surface area contributed by atoms with Crippen LogP contribution in [0.3, 0.4) is 0 Å². The van der Waals surface area contributed by atoms with Gasteiger partial charge in [0.05, 0.1) is 6.34 Å². The number of aromatic nitrogens is 1. The van der Waals surface area contributed by atoms with E-state index in [2.05, 4.69) is 15.3 Å². The monoisotopic (exact) mass is 214 g/mol. The summed E-state index contributed by atoms with van der Waals surface area (Å²) in [7, 11) is 1.68. The number of nitrogens with one attached hydrogen (secondary N) is 1. The van der Waals surface area contributed by atoms with E-state index in [0.717, 1.165) is 24.7 Å². The van der Waals surface area contributed by atoms with Crippen molar-refractivity contribution in [1.82, 2.24) is 4.98 Å². The third kappa shape index (κ3) is 4.20. The molecule has 0 saturated carbocycles. The van der Waals surface area contributed by atoms with Crippen LogP contribution in [0.2, 0.25) is 0 Å². The van der Waals surface area contributed by atoms with E-state index >= 15 is 0 Å². The van der Waals surface area contributed by atoms with Gasteiger partial charge in [-0.3, -0.25) is 4.99 Å². The lowest BCUT2D eigenvalue weighted by Gasteiger charge is -1.94. The minimum atomic E-state index is 0.533. The number of methoxy groups -OCH3 is 1. The van der Waals surface area contributed by atoms with E-state index in [1.165, 1.54) is 11.3 Å². The Morgan fingerprint density at radius 2 is 2.64 bits per heavy atom. The molecule has 0 aliphatic rings. The summed E-state index contributed by atoms with van der Waals surface area (Å²) in [5.41, 5.74) is 5.45. The van der Waals surface area contributed by atoms with Crippen molar-refractivity contribution in [1.29, 1.82) is 0 Å². The van der Waals surface area contributed by atoms with Crippen molar-refractivity contribution < 1.29 is 4.74 Å². The molecule has 1 aromatic heterocycles. The second kappa shape index (κ2) is 6.33. The maximum atomic E-state index is 5.45. The number of nitrogens with two attached hydrogens (primary N) is 1. The molecule has 0 radical (unpaired) electrons. The van der Waals surface area contributed by atoms with Crippen LogP contribution in [0, 0.1) is 0 Å². The fraction of sp³-hybridized carbons (Fsp3) is 0.500. The molecule has 3 N–H and O–H groups in total. The van der Waals surface area contributed by atoms with Crippen molar-refractivity contribution >= 4 is 28.6 Å². The molecule has 1 aromatic rings. The molecular formula is C8H14N4OS. The lowest BCUT2D eigenvalue weighted by molar-refractivity contribution is 0.197. The average Bonchev–Trinajstić information content (AvgIpc) is 2.58. The third-order valence-corrected chi connectivity index (χ3v) is 2.23. The first-order chi connectivity index (χ1) is 6.83. The number of ether oxygens (including phenoxy) is 1. The van der Waals surface area contributed by atoms with Crippen molar-refractivity contribution in [3.05, 3.63) is 5.38 Å². The number of aliphatic imine (C=N–C) groups is 1. The van der Waals surface area contributed by atoms with E-state index in [1.54, 1.807) is 18.8 Å². The van der Waals surface area contributed by atoms with Gasteiger partial charge in [-0.2, -0.15) is 0 Å². The molecule has 0 aromatic carbocycles. The molecule has 6 heteroatoms. The molecule has 0 bridgehead atoms. The number of hydrogen-bond donors (Lipinski definition) is 2. The van der Waals surface area contributed by atoms with Crippen molar-refractivity contribution in [3.63, 3.8) is 0 Å². The van der Waals surface area contributed by atoms with Gasteiger partial charge in [-0.25, -0.2) is 4.98 Å². The average molecular weight is 214 g/mol. The second-order valence-electron chi connectivity index (χ2n) is 2.60. The largest absolute Gasteiger partial charge is 0.385 e. The van der Waals surface area contributed by atoms with Gasteiger partial charge in [-0.15, -0.1) is 11.3 Å². The molecule has 0 aliphatic heterocycles. The van der Waals surface area contributed by atoms with Crippen LogP contribution in [0.1, 0.15) is 6.42 Å². The van der Waals surface area contributed by atoms with Gasteiger partial charge in [0.1, 0.15) is 5.82 Å². The maximum absolute atomic E-state index is 5.45. The van der Waals surface area contributed by atoms with Gasteiger partial charge in [0, 0.05) is 25.6 Å². The van der Waals surface area contributed by atoms with Crippen LogP contribution in [0.5, 0.6) is 0 Å². The van der Waals surface area contributed by atoms with Gasteiger partial charge >= 0.3 is 0 Å². The van der Waals surface area contributed by atoms with Gasteiger partial charge in [0.2, 0.25) is 0 Å². The number of nitrogen functional groups attached to an aromatic ring is 1. The lowest BCUT2D eigenvalue weighted by Crippen LogP contribution is -1.97. The predicted octanol–water partition coefficient (Wildman–Crippen LogP) is 1.20. The molecule has 0 unspecified atom stereocenters. The molecule has 5 nitrogen and oxygen atoms in total. The molecule has 0 fully saturated rings. The summed E-state index contributed by atoms with van der Waals surface area (Å²) >= 11 is 1.45. The van der Waals surface area contributed by atoms with Gasteiger partial charge in [0.25, 0.3) is 0 Å². The van der Waals surface area contributed by atoms with Crippen molar-refractivity contribution in [2.45, 2.75) is 6.42 Å². The van der Waals surface area contributed by atoms with Gasteiger partial charge in [-0.1, -0.05) is 0 Å². The first-order valence-electron chi connectivity index (χ1n) is 4.27. The van der Waals surface area contributed by atoms with Crippen LogP contribution in [0.4, 0.5) is 10.9 Å². The first-order valence-corrected chi connectivity index (χ1v) is 5.15. The van der Waals surface area contributed by atoms with E-state index in [0.29, 0.717) is 5.82 Å². The van der Waals surface area contributed by atoms with Crippen LogP contribution in [0.25, 0.3) is 0 Å².